The van der Waals surface area contributed by atoms with E-state index in [-0.39, 0.29) is 0 Å². The van der Waals surface area contributed by atoms with Crippen molar-refractivity contribution in [2.45, 2.75) is 13.2 Å². The Bertz CT molecular complexity index is 452. The summed E-state index contributed by atoms with van der Waals surface area (Å²) in [7, 11) is 1.64. The Hall–Kier alpha value is -1.72. The lowest BCUT2D eigenvalue weighted by Gasteiger charge is -2.06. The minimum atomic E-state index is 0.367. The quantitative estimate of drug-likeness (QED) is 0.827. The number of aromatic nitrogens is 3. The van der Waals surface area contributed by atoms with E-state index in [1.165, 1.54) is 0 Å². The molecule has 0 atom stereocenters. The Morgan fingerprint density at radius 3 is 2.69 bits per heavy atom. The normalized spacial score (nSPS) is 10.6. The van der Waals surface area contributed by atoms with Gasteiger partial charge in [0.2, 0.25) is 0 Å². The predicted molar refractivity (Wildman–Crippen MR) is 60.0 cm³/mol. The van der Waals surface area contributed by atoms with E-state index in [0.717, 1.165) is 17.1 Å². The van der Waals surface area contributed by atoms with E-state index in [0.29, 0.717) is 13.2 Å². The zero-order valence-corrected chi connectivity index (χ0v) is 9.13. The number of ether oxygens (including phenoxy) is 1. The second kappa shape index (κ2) is 4.87. The summed E-state index contributed by atoms with van der Waals surface area (Å²) in [6, 6.07) is 9.80. The van der Waals surface area contributed by atoms with E-state index in [1.54, 1.807) is 11.8 Å². The molecule has 1 aromatic carbocycles. The third kappa shape index (κ3) is 1.95. The Morgan fingerprint density at radius 1 is 1.31 bits per heavy atom. The number of methoxy groups -OCH3 is 1. The maximum Gasteiger partial charge on any atom is 0.102 e. The van der Waals surface area contributed by atoms with Crippen LogP contribution in [0.3, 0.4) is 0 Å². The summed E-state index contributed by atoms with van der Waals surface area (Å²) in [4.78, 5) is 0. The molecule has 1 heterocycles. The van der Waals surface area contributed by atoms with E-state index in [2.05, 4.69) is 10.3 Å². The summed E-state index contributed by atoms with van der Waals surface area (Å²) >= 11 is 0. The van der Waals surface area contributed by atoms with Crippen molar-refractivity contribution in [1.29, 1.82) is 0 Å². The number of benzene rings is 1. The molecule has 2 rings (SSSR count). The van der Waals surface area contributed by atoms with E-state index in [4.69, 9.17) is 10.5 Å². The van der Waals surface area contributed by atoms with Crippen molar-refractivity contribution in [2.24, 2.45) is 5.73 Å². The molecule has 0 saturated carbocycles. The van der Waals surface area contributed by atoms with Crippen molar-refractivity contribution < 1.29 is 4.74 Å². The standard InChI is InChI=1S/C11H14N4O/c1-16-8-11-10(7-12)13-14-15(11)9-5-3-2-4-6-9/h2-6H,7-8,12H2,1H3. The van der Waals surface area contributed by atoms with Gasteiger partial charge in [-0.25, -0.2) is 4.68 Å². The number of nitrogens with zero attached hydrogens (tertiary/aromatic N) is 3. The van der Waals surface area contributed by atoms with Crippen molar-refractivity contribution in [3.8, 4) is 5.69 Å². The third-order valence-electron chi connectivity index (χ3n) is 2.32. The second-order valence-corrected chi connectivity index (χ2v) is 3.37. The van der Waals surface area contributed by atoms with Gasteiger partial charge in [0.25, 0.3) is 0 Å². The highest BCUT2D eigenvalue weighted by Gasteiger charge is 2.12. The monoisotopic (exact) mass is 218 g/mol. The van der Waals surface area contributed by atoms with Gasteiger partial charge in [-0.1, -0.05) is 23.4 Å². The number of para-hydroxylation sites is 1. The molecular weight excluding hydrogens is 204 g/mol. The van der Waals surface area contributed by atoms with Gasteiger partial charge in [0.05, 0.1) is 18.0 Å². The fourth-order valence-corrected chi connectivity index (χ4v) is 1.55. The van der Waals surface area contributed by atoms with Gasteiger partial charge in [0, 0.05) is 13.7 Å². The highest BCUT2D eigenvalue weighted by Crippen LogP contribution is 2.13. The summed E-state index contributed by atoms with van der Waals surface area (Å²) in [5, 5.41) is 8.12. The van der Waals surface area contributed by atoms with Crippen LogP contribution in [0.15, 0.2) is 30.3 Å². The molecule has 84 valence electrons. The first kappa shape index (κ1) is 10.8. The molecule has 0 fully saturated rings. The number of nitrogens with two attached hydrogens (primary N) is 1. The number of hydrogen-bond donors (Lipinski definition) is 1. The molecule has 0 saturated heterocycles. The van der Waals surface area contributed by atoms with Gasteiger partial charge in [-0.05, 0) is 12.1 Å². The van der Waals surface area contributed by atoms with Gasteiger partial charge >= 0.3 is 0 Å². The molecule has 16 heavy (non-hydrogen) atoms. The van der Waals surface area contributed by atoms with Crippen molar-refractivity contribution in [1.82, 2.24) is 15.0 Å². The molecule has 1 aromatic heterocycles. The smallest absolute Gasteiger partial charge is 0.102 e. The fourth-order valence-electron chi connectivity index (χ4n) is 1.55. The van der Waals surface area contributed by atoms with Gasteiger partial charge < -0.3 is 10.5 Å². The highest BCUT2D eigenvalue weighted by atomic mass is 16.5. The van der Waals surface area contributed by atoms with E-state index < -0.39 is 0 Å². The number of rotatable bonds is 4. The highest BCUT2D eigenvalue weighted by molar-refractivity contribution is 5.32. The predicted octanol–water partition coefficient (Wildman–Crippen LogP) is 0.872. The fraction of sp³-hybridized carbons (Fsp3) is 0.273. The third-order valence-corrected chi connectivity index (χ3v) is 2.32. The summed E-state index contributed by atoms with van der Waals surface area (Å²) < 4.78 is 6.89. The molecular formula is C11H14N4O. The molecule has 0 radical (unpaired) electrons. The second-order valence-electron chi connectivity index (χ2n) is 3.37. The molecule has 5 nitrogen and oxygen atoms in total. The van der Waals surface area contributed by atoms with Crippen LogP contribution in [0.5, 0.6) is 0 Å². The summed E-state index contributed by atoms with van der Waals surface area (Å²) in [5.41, 5.74) is 8.23. The topological polar surface area (TPSA) is 66.0 Å². The van der Waals surface area contributed by atoms with Gasteiger partial charge in [0.15, 0.2) is 0 Å². The molecule has 0 unspecified atom stereocenters. The first-order valence-corrected chi connectivity index (χ1v) is 5.04. The molecule has 2 aromatic rings. The van der Waals surface area contributed by atoms with E-state index in [1.807, 2.05) is 30.3 Å². The lowest BCUT2D eigenvalue weighted by atomic mass is 10.3. The van der Waals surface area contributed by atoms with Crippen LogP contribution in [0, 0.1) is 0 Å². The summed E-state index contributed by atoms with van der Waals surface area (Å²) in [6.45, 7) is 0.819. The zero-order chi connectivity index (χ0) is 11.4. The first-order chi connectivity index (χ1) is 7.86. The van der Waals surface area contributed by atoms with Gasteiger partial charge in [0.1, 0.15) is 5.69 Å². The zero-order valence-electron chi connectivity index (χ0n) is 9.13. The van der Waals surface area contributed by atoms with E-state index in [9.17, 15) is 0 Å². The van der Waals surface area contributed by atoms with Crippen molar-refractivity contribution in [2.75, 3.05) is 7.11 Å². The van der Waals surface area contributed by atoms with Crippen LogP contribution in [0.2, 0.25) is 0 Å². The molecule has 0 amide bonds. The first-order valence-electron chi connectivity index (χ1n) is 5.04. The minimum Gasteiger partial charge on any atom is -0.378 e. The molecule has 5 heteroatoms. The Morgan fingerprint density at radius 2 is 2.06 bits per heavy atom. The van der Waals surface area contributed by atoms with Crippen LogP contribution < -0.4 is 5.73 Å². The molecule has 0 aliphatic heterocycles. The van der Waals surface area contributed by atoms with Crippen LogP contribution in [-0.4, -0.2) is 22.1 Å². The van der Waals surface area contributed by atoms with Crippen LogP contribution in [0.1, 0.15) is 11.4 Å². The van der Waals surface area contributed by atoms with Crippen molar-refractivity contribution in [3.05, 3.63) is 41.7 Å². The van der Waals surface area contributed by atoms with Crippen LogP contribution in [0.4, 0.5) is 0 Å². The molecule has 0 spiro atoms. The SMILES string of the molecule is COCc1c(CN)nnn1-c1ccccc1. The molecule has 0 aliphatic rings. The molecule has 0 bridgehead atoms. The summed E-state index contributed by atoms with van der Waals surface area (Å²) in [5.74, 6) is 0. The maximum atomic E-state index is 5.60. The Kier molecular flexibility index (Phi) is 3.28. The lowest BCUT2D eigenvalue weighted by Crippen LogP contribution is -2.07. The minimum absolute atomic E-state index is 0.367. The van der Waals surface area contributed by atoms with Gasteiger partial charge in [-0.3, -0.25) is 0 Å². The van der Waals surface area contributed by atoms with Gasteiger partial charge in [-0.2, -0.15) is 0 Å². The Balaban J connectivity index is 2.44. The molecule has 2 N–H and O–H groups in total. The van der Waals surface area contributed by atoms with Crippen LogP contribution in [-0.2, 0) is 17.9 Å². The van der Waals surface area contributed by atoms with Crippen molar-refractivity contribution >= 4 is 0 Å². The average Bonchev–Trinajstić information content (AvgIpc) is 2.74. The average molecular weight is 218 g/mol. The largest absolute Gasteiger partial charge is 0.378 e. The lowest BCUT2D eigenvalue weighted by molar-refractivity contribution is 0.178. The summed E-state index contributed by atoms with van der Waals surface area (Å²) in [6.07, 6.45) is 0. The Labute approximate surface area is 93.8 Å². The van der Waals surface area contributed by atoms with Crippen LogP contribution >= 0.6 is 0 Å². The maximum absolute atomic E-state index is 5.60. The molecule has 0 aliphatic carbocycles. The van der Waals surface area contributed by atoms with Gasteiger partial charge in [-0.15, -0.1) is 5.10 Å². The van der Waals surface area contributed by atoms with E-state index >= 15 is 0 Å². The number of hydrogen-bond acceptors (Lipinski definition) is 4. The van der Waals surface area contributed by atoms with Crippen LogP contribution in [0.25, 0.3) is 5.69 Å². The van der Waals surface area contributed by atoms with Crippen molar-refractivity contribution in [3.63, 3.8) is 0 Å².